The van der Waals surface area contributed by atoms with Crippen LogP contribution >= 0.6 is 11.3 Å². The van der Waals surface area contributed by atoms with Crippen LogP contribution < -0.4 is 10.6 Å². The van der Waals surface area contributed by atoms with Gasteiger partial charge in [0.1, 0.15) is 15.8 Å². The van der Waals surface area contributed by atoms with Gasteiger partial charge in [0.2, 0.25) is 5.91 Å². The van der Waals surface area contributed by atoms with Gasteiger partial charge in [-0.1, -0.05) is 38.1 Å². The van der Waals surface area contributed by atoms with Gasteiger partial charge in [0.25, 0.3) is 15.9 Å². The number of benzene rings is 1. The minimum atomic E-state index is -3.77. The largest absolute Gasteiger partial charge is 0.451 e. The first kappa shape index (κ1) is 27.0. The summed E-state index contributed by atoms with van der Waals surface area (Å²) in [4.78, 5) is 39.3. The number of thiophene rings is 1. The van der Waals surface area contributed by atoms with Crippen LogP contribution in [0.3, 0.4) is 0 Å². The first-order chi connectivity index (χ1) is 17.6. The summed E-state index contributed by atoms with van der Waals surface area (Å²) in [6, 6.07) is 8.75. The van der Waals surface area contributed by atoms with Crippen LogP contribution in [0.15, 0.2) is 50.4 Å². The Morgan fingerprint density at radius 2 is 1.95 bits per heavy atom. The zero-order chi connectivity index (χ0) is 26.7. The number of hydrogen-bond acceptors (Lipinski definition) is 7. The van der Waals surface area contributed by atoms with Crippen LogP contribution in [0.2, 0.25) is 0 Å². The highest BCUT2D eigenvalue weighted by atomic mass is 32.2. The lowest BCUT2D eigenvalue weighted by molar-refractivity contribution is -0.129. The monoisotopic (exact) mass is 545 g/mol. The van der Waals surface area contributed by atoms with Gasteiger partial charge in [-0.3, -0.25) is 14.4 Å². The fraction of sp³-hybridized carbons (Fsp3) is 0.423. The van der Waals surface area contributed by atoms with Crippen LogP contribution in [-0.4, -0.2) is 55.5 Å². The predicted molar refractivity (Wildman–Crippen MR) is 141 cm³/mol. The molecule has 0 aliphatic carbocycles. The first-order valence-electron chi connectivity index (χ1n) is 12.2. The molecule has 1 aliphatic rings. The van der Waals surface area contributed by atoms with Gasteiger partial charge in [0, 0.05) is 17.5 Å². The maximum atomic E-state index is 13.3. The number of ketones is 1. The summed E-state index contributed by atoms with van der Waals surface area (Å²) in [6.45, 7) is 5.53. The van der Waals surface area contributed by atoms with E-state index in [0.717, 1.165) is 16.7 Å². The number of hydrogen-bond donors (Lipinski definition) is 2. The second kappa shape index (κ2) is 11.2. The highest BCUT2D eigenvalue weighted by Gasteiger charge is 2.35. The van der Waals surface area contributed by atoms with Crippen LogP contribution in [0.1, 0.15) is 49.2 Å². The first-order valence-corrected chi connectivity index (χ1v) is 14.6. The summed E-state index contributed by atoms with van der Waals surface area (Å²) >= 11 is 1.10. The van der Waals surface area contributed by atoms with Crippen molar-refractivity contribution in [1.29, 1.82) is 0 Å². The maximum Gasteiger partial charge on any atom is 0.287 e. The zero-order valence-corrected chi connectivity index (χ0v) is 22.7. The summed E-state index contributed by atoms with van der Waals surface area (Å²) < 4.78 is 32.9. The molecule has 1 aliphatic heterocycles. The molecular weight excluding hydrogens is 514 g/mol. The second-order valence-electron chi connectivity index (χ2n) is 9.65. The number of para-hydroxylation sites is 1. The van der Waals surface area contributed by atoms with Crippen molar-refractivity contribution in [3.05, 3.63) is 53.1 Å². The van der Waals surface area contributed by atoms with Crippen molar-refractivity contribution in [2.75, 3.05) is 13.1 Å². The summed E-state index contributed by atoms with van der Waals surface area (Å²) in [5.41, 5.74) is 1.27. The topological polar surface area (TPSA) is 126 Å². The van der Waals surface area contributed by atoms with Gasteiger partial charge < -0.3 is 15.1 Å². The molecule has 11 heteroatoms. The Labute approximate surface area is 220 Å². The van der Waals surface area contributed by atoms with Gasteiger partial charge in [-0.25, -0.2) is 8.42 Å². The number of nitrogens with zero attached hydrogens (tertiary/aromatic N) is 1. The molecule has 1 saturated heterocycles. The molecule has 198 valence electrons. The second-order valence-corrected chi connectivity index (χ2v) is 12.8. The van der Waals surface area contributed by atoms with Crippen LogP contribution in [0, 0.1) is 12.8 Å². The summed E-state index contributed by atoms with van der Waals surface area (Å²) in [5, 5.41) is 8.04. The molecule has 2 atom stereocenters. The number of fused-ring (bicyclic) bond motifs is 1. The summed E-state index contributed by atoms with van der Waals surface area (Å²) in [5.74, 6) is -1.14. The number of Topliss-reactive ketones (excluding diaryl/α,β-unsaturated/α-hetero) is 1. The smallest absolute Gasteiger partial charge is 0.287 e. The van der Waals surface area contributed by atoms with E-state index in [-0.39, 0.29) is 34.8 Å². The number of nitrogens with one attached hydrogen (secondary N) is 2. The van der Waals surface area contributed by atoms with Gasteiger partial charge in [-0.05, 0) is 49.6 Å². The number of furan rings is 1. The number of carbonyl (C=O) groups excluding carboxylic acids is 3. The molecule has 2 aromatic heterocycles. The third-order valence-corrected chi connectivity index (χ3v) is 9.62. The third kappa shape index (κ3) is 5.94. The molecule has 0 bridgehead atoms. The quantitative estimate of drug-likeness (QED) is 0.446. The number of amides is 2. The highest BCUT2D eigenvalue weighted by molar-refractivity contribution is 7.91. The fourth-order valence-corrected chi connectivity index (χ4v) is 7.07. The highest BCUT2D eigenvalue weighted by Crippen LogP contribution is 2.26. The Kier molecular flexibility index (Phi) is 8.15. The molecule has 1 aromatic carbocycles. The van der Waals surface area contributed by atoms with Crippen molar-refractivity contribution in [3.8, 4) is 0 Å². The molecule has 4 rings (SSSR count). The molecule has 9 nitrogen and oxygen atoms in total. The van der Waals surface area contributed by atoms with Crippen molar-refractivity contribution in [2.24, 2.45) is 5.92 Å². The van der Waals surface area contributed by atoms with E-state index in [2.05, 4.69) is 10.6 Å². The standard InChI is InChI=1S/C26H31N3O6S2/c1-16(2)14-20(28-26(32)24-17(3)18-8-4-5-10-22(18)35-24)25(31)27-19-9-6-12-29(15-21(19)30)37(33,34)23-11-7-13-36-23/h4-5,7-8,10-11,13,16,19-20H,6,9,12,14-15H2,1-3H3,(H,27,31)(H,28,32)/t19?,20-/m0/s1. The van der Waals surface area contributed by atoms with E-state index in [1.807, 2.05) is 32.0 Å². The van der Waals surface area contributed by atoms with Crippen molar-refractivity contribution in [2.45, 2.75) is 56.3 Å². The van der Waals surface area contributed by atoms with Crippen LogP contribution in [0.5, 0.6) is 0 Å². The molecule has 0 spiro atoms. The van der Waals surface area contributed by atoms with Crippen molar-refractivity contribution >= 4 is 49.9 Å². The third-order valence-electron chi connectivity index (χ3n) is 6.41. The fourth-order valence-electron chi connectivity index (χ4n) is 4.48. The minimum Gasteiger partial charge on any atom is -0.451 e. The molecule has 2 N–H and O–H groups in total. The summed E-state index contributed by atoms with van der Waals surface area (Å²) in [7, 11) is -3.77. The van der Waals surface area contributed by atoms with Gasteiger partial charge in [-0.15, -0.1) is 11.3 Å². The number of sulfonamides is 1. The van der Waals surface area contributed by atoms with Crippen LogP contribution in [0.4, 0.5) is 0 Å². The molecule has 2 amide bonds. The average Bonchev–Trinajstić information content (AvgIpc) is 3.47. The van der Waals surface area contributed by atoms with Crippen LogP contribution in [-0.2, 0) is 19.6 Å². The Balaban J connectivity index is 1.46. The predicted octanol–water partition coefficient (Wildman–Crippen LogP) is 3.49. The van der Waals surface area contributed by atoms with Gasteiger partial charge in [0.05, 0.1) is 12.6 Å². The molecule has 1 fully saturated rings. The molecule has 37 heavy (non-hydrogen) atoms. The Bertz CT molecular complexity index is 1390. The minimum absolute atomic E-state index is 0.0871. The van der Waals surface area contributed by atoms with E-state index in [9.17, 15) is 22.8 Å². The molecule has 3 aromatic rings. The van der Waals surface area contributed by atoms with E-state index in [1.54, 1.807) is 24.4 Å². The Morgan fingerprint density at radius 1 is 1.19 bits per heavy atom. The lowest BCUT2D eigenvalue weighted by Gasteiger charge is -2.23. The average molecular weight is 546 g/mol. The zero-order valence-electron chi connectivity index (χ0n) is 21.0. The van der Waals surface area contributed by atoms with E-state index in [0.29, 0.717) is 30.4 Å². The van der Waals surface area contributed by atoms with Gasteiger partial charge >= 0.3 is 0 Å². The number of rotatable bonds is 8. The number of aryl methyl sites for hydroxylation is 1. The van der Waals surface area contributed by atoms with E-state index in [1.165, 1.54) is 10.4 Å². The molecule has 0 saturated carbocycles. The molecule has 0 radical (unpaired) electrons. The van der Waals surface area contributed by atoms with Crippen molar-refractivity contribution in [3.63, 3.8) is 0 Å². The van der Waals surface area contributed by atoms with Crippen molar-refractivity contribution in [1.82, 2.24) is 14.9 Å². The van der Waals surface area contributed by atoms with Gasteiger partial charge in [-0.2, -0.15) is 4.31 Å². The van der Waals surface area contributed by atoms with Gasteiger partial charge in [0.15, 0.2) is 11.5 Å². The molecule has 1 unspecified atom stereocenters. The Morgan fingerprint density at radius 3 is 2.62 bits per heavy atom. The maximum absolute atomic E-state index is 13.3. The lowest BCUT2D eigenvalue weighted by Crippen LogP contribution is -2.52. The van der Waals surface area contributed by atoms with Crippen LogP contribution in [0.25, 0.3) is 11.0 Å². The summed E-state index contributed by atoms with van der Waals surface area (Å²) in [6.07, 6.45) is 1.09. The van der Waals surface area contributed by atoms with E-state index >= 15 is 0 Å². The molecular formula is C26H31N3O6S2. The van der Waals surface area contributed by atoms with E-state index < -0.39 is 33.9 Å². The lowest BCUT2D eigenvalue weighted by atomic mass is 10.0. The SMILES string of the molecule is Cc1c(C(=O)N[C@@H](CC(C)C)C(=O)NC2CCCN(S(=O)(=O)c3cccs3)CC2=O)oc2ccccc12. The normalized spacial score (nSPS) is 18.1. The van der Waals surface area contributed by atoms with Crippen molar-refractivity contribution < 1.29 is 27.2 Å². The van der Waals surface area contributed by atoms with E-state index in [4.69, 9.17) is 4.42 Å². The Hall–Kier alpha value is -3.02. The number of carbonyl (C=O) groups is 3. The molecule has 3 heterocycles.